The minimum atomic E-state index is -0.322. The highest BCUT2D eigenvalue weighted by molar-refractivity contribution is 7.14. The average Bonchev–Trinajstić information content (AvgIpc) is 3.34. The third kappa shape index (κ3) is 4.06. The highest BCUT2D eigenvalue weighted by atomic mass is 32.1. The lowest BCUT2D eigenvalue weighted by Crippen LogP contribution is -2.11. The Kier molecular flexibility index (Phi) is 4.71. The Hall–Kier alpha value is -3.39. The topological polar surface area (TPSA) is 72.7 Å². The van der Waals surface area contributed by atoms with E-state index in [9.17, 15) is 9.18 Å². The van der Waals surface area contributed by atoms with Gasteiger partial charge in [0.15, 0.2) is 5.13 Å². The maximum Gasteiger partial charge on any atom is 0.257 e. The summed E-state index contributed by atoms with van der Waals surface area (Å²) in [6.07, 6.45) is 3.12. The summed E-state index contributed by atoms with van der Waals surface area (Å²) in [6.45, 7) is 0.589. The lowest BCUT2D eigenvalue weighted by atomic mass is 10.1. The molecule has 2 aromatic heterocycles. The van der Waals surface area contributed by atoms with Gasteiger partial charge in [-0.25, -0.2) is 19.0 Å². The van der Waals surface area contributed by atoms with Crippen LogP contribution in [0.25, 0.3) is 11.3 Å². The van der Waals surface area contributed by atoms with Gasteiger partial charge in [0.2, 0.25) is 0 Å². The molecular formula is C19H14FN5OS. The van der Waals surface area contributed by atoms with Crippen molar-refractivity contribution >= 4 is 22.4 Å². The number of carbonyl (C=O) groups is 1. The zero-order valence-corrected chi connectivity index (χ0v) is 14.9. The predicted molar refractivity (Wildman–Crippen MR) is 101 cm³/mol. The van der Waals surface area contributed by atoms with E-state index < -0.39 is 0 Å². The van der Waals surface area contributed by atoms with Gasteiger partial charge < -0.3 is 0 Å². The number of amides is 1. The molecule has 2 aromatic carbocycles. The van der Waals surface area contributed by atoms with Crippen LogP contribution >= 0.6 is 11.3 Å². The van der Waals surface area contributed by atoms with E-state index in [1.807, 2.05) is 12.1 Å². The number of nitrogens with zero attached hydrogens (tertiary/aromatic N) is 4. The van der Waals surface area contributed by atoms with Crippen molar-refractivity contribution in [1.29, 1.82) is 0 Å². The first-order valence-electron chi connectivity index (χ1n) is 8.11. The largest absolute Gasteiger partial charge is 0.298 e. The molecule has 6 nitrogen and oxygen atoms in total. The minimum absolute atomic E-state index is 0.248. The van der Waals surface area contributed by atoms with Crippen LogP contribution in [0, 0.1) is 5.82 Å². The molecule has 1 amide bonds. The van der Waals surface area contributed by atoms with Gasteiger partial charge in [0, 0.05) is 16.5 Å². The number of hydrogen-bond donors (Lipinski definition) is 1. The van der Waals surface area contributed by atoms with Crippen LogP contribution in [-0.4, -0.2) is 25.7 Å². The van der Waals surface area contributed by atoms with Gasteiger partial charge in [-0.1, -0.05) is 24.3 Å². The van der Waals surface area contributed by atoms with E-state index in [4.69, 9.17) is 0 Å². The quantitative estimate of drug-likeness (QED) is 0.572. The molecule has 0 atom stereocenters. The normalized spacial score (nSPS) is 10.7. The van der Waals surface area contributed by atoms with Crippen LogP contribution in [0.15, 0.2) is 66.6 Å². The van der Waals surface area contributed by atoms with Crippen molar-refractivity contribution in [2.45, 2.75) is 6.54 Å². The van der Waals surface area contributed by atoms with Crippen LogP contribution in [0.1, 0.15) is 15.9 Å². The lowest BCUT2D eigenvalue weighted by molar-refractivity contribution is 0.102. The van der Waals surface area contributed by atoms with E-state index in [0.29, 0.717) is 28.5 Å². The molecule has 2 heterocycles. The van der Waals surface area contributed by atoms with E-state index in [1.165, 1.54) is 29.8 Å². The van der Waals surface area contributed by atoms with Crippen LogP contribution in [0.4, 0.5) is 9.52 Å². The molecule has 0 bridgehead atoms. The van der Waals surface area contributed by atoms with Gasteiger partial charge in [-0.2, -0.15) is 5.10 Å². The third-order valence-corrected chi connectivity index (χ3v) is 4.63. The standard InChI is InChI=1S/C19H14FN5OS/c20-16-3-1-2-15(8-16)17-10-27-19(23-17)24-18(26)14-6-4-13(5-7-14)9-25-12-21-11-22-25/h1-8,10-12H,9H2,(H,23,24,26). The molecule has 27 heavy (non-hydrogen) atoms. The van der Waals surface area contributed by atoms with Crippen LogP contribution < -0.4 is 5.32 Å². The van der Waals surface area contributed by atoms with Gasteiger partial charge in [0.1, 0.15) is 18.5 Å². The van der Waals surface area contributed by atoms with Crippen LogP contribution in [0.2, 0.25) is 0 Å². The summed E-state index contributed by atoms with van der Waals surface area (Å²) in [7, 11) is 0. The lowest BCUT2D eigenvalue weighted by Gasteiger charge is -2.04. The maximum atomic E-state index is 13.3. The number of rotatable bonds is 5. The third-order valence-electron chi connectivity index (χ3n) is 3.87. The Bertz CT molecular complexity index is 1060. The molecule has 8 heteroatoms. The Morgan fingerprint density at radius 2 is 2.04 bits per heavy atom. The summed E-state index contributed by atoms with van der Waals surface area (Å²) in [5.41, 5.74) is 2.83. The van der Waals surface area contributed by atoms with Gasteiger partial charge in [-0.15, -0.1) is 11.3 Å². The fourth-order valence-electron chi connectivity index (χ4n) is 2.54. The molecule has 4 aromatic rings. The van der Waals surface area contributed by atoms with Crippen molar-refractivity contribution < 1.29 is 9.18 Å². The highest BCUT2D eigenvalue weighted by Crippen LogP contribution is 2.25. The predicted octanol–water partition coefficient (Wildman–Crippen LogP) is 3.84. The van der Waals surface area contributed by atoms with Gasteiger partial charge in [0.25, 0.3) is 5.91 Å². The average molecular weight is 379 g/mol. The first-order valence-corrected chi connectivity index (χ1v) is 8.99. The second-order valence-corrected chi connectivity index (χ2v) is 6.65. The summed E-state index contributed by atoms with van der Waals surface area (Å²) in [5.74, 6) is -0.570. The molecule has 0 fully saturated rings. The minimum Gasteiger partial charge on any atom is -0.298 e. The molecule has 134 valence electrons. The van der Waals surface area contributed by atoms with Gasteiger partial charge in [-0.3, -0.25) is 10.1 Å². The summed E-state index contributed by atoms with van der Waals surface area (Å²) >= 11 is 1.30. The van der Waals surface area contributed by atoms with E-state index in [2.05, 4.69) is 20.4 Å². The Labute approximate surface area is 158 Å². The first kappa shape index (κ1) is 17.0. The zero-order chi connectivity index (χ0) is 18.6. The molecule has 0 aliphatic carbocycles. The van der Waals surface area contributed by atoms with E-state index in [1.54, 1.807) is 40.7 Å². The molecule has 0 saturated heterocycles. The fraction of sp³-hybridized carbons (Fsp3) is 0.0526. The number of nitrogens with one attached hydrogen (secondary N) is 1. The number of hydrogen-bond acceptors (Lipinski definition) is 5. The van der Waals surface area contributed by atoms with Crippen LogP contribution in [0.5, 0.6) is 0 Å². The molecule has 0 unspecified atom stereocenters. The number of thiazole rings is 1. The Balaban J connectivity index is 1.43. The number of carbonyl (C=O) groups excluding carboxylic acids is 1. The van der Waals surface area contributed by atoms with E-state index in [0.717, 1.165) is 5.56 Å². The van der Waals surface area contributed by atoms with Gasteiger partial charge in [0.05, 0.1) is 12.2 Å². The zero-order valence-electron chi connectivity index (χ0n) is 14.0. The van der Waals surface area contributed by atoms with E-state index >= 15 is 0 Å². The molecule has 0 saturated carbocycles. The number of anilines is 1. The maximum absolute atomic E-state index is 13.3. The molecule has 4 rings (SSSR count). The van der Waals surface area contributed by atoms with E-state index in [-0.39, 0.29) is 11.7 Å². The molecule has 0 aliphatic rings. The number of halogens is 1. The van der Waals surface area contributed by atoms with Crippen molar-refractivity contribution in [3.05, 3.63) is 83.5 Å². The number of aromatic nitrogens is 4. The molecular weight excluding hydrogens is 365 g/mol. The SMILES string of the molecule is O=C(Nc1nc(-c2cccc(F)c2)cs1)c1ccc(Cn2cncn2)cc1. The first-order chi connectivity index (χ1) is 13.2. The van der Waals surface area contributed by atoms with Crippen LogP contribution in [0.3, 0.4) is 0 Å². The van der Waals surface area contributed by atoms with Crippen molar-refractivity contribution in [2.24, 2.45) is 0 Å². The van der Waals surface area contributed by atoms with Crippen molar-refractivity contribution in [3.8, 4) is 11.3 Å². The summed E-state index contributed by atoms with van der Waals surface area (Å²) in [4.78, 5) is 20.7. The smallest absolute Gasteiger partial charge is 0.257 e. The highest BCUT2D eigenvalue weighted by Gasteiger charge is 2.10. The second kappa shape index (κ2) is 7.46. The Morgan fingerprint density at radius 1 is 1.19 bits per heavy atom. The molecule has 0 radical (unpaired) electrons. The summed E-state index contributed by atoms with van der Waals surface area (Å²) in [5, 5.41) is 9.08. The van der Waals surface area contributed by atoms with Crippen molar-refractivity contribution in [1.82, 2.24) is 19.7 Å². The van der Waals surface area contributed by atoms with Crippen molar-refractivity contribution in [2.75, 3.05) is 5.32 Å². The fourth-order valence-corrected chi connectivity index (χ4v) is 3.26. The van der Waals surface area contributed by atoms with Gasteiger partial charge in [-0.05, 0) is 29.8 Å². The Morgan fingerprint density at radius 3 is 2.78 bits per heavy atom. The molecule has 0 aliphatic heterocycles. The number of benzene rings is 2. The van der Waals surface area contributed by atoms with Crippen molar-refractivity contribution in [3.63, 3.8) is 0 Å². The summed E-state index contributed by atoms with van der Waals surface area (Å²) in [6, 6.07) is 13.4. The molecule has 0 spiro atoms. The monoisotopic (exact) mass is 379 g/mol. The summed E-state index contributed by atoms with van der Waals surface area (Å²) < 4.78 is 15.0. The van der Waals surface area contributed by atoms with Crippen LogP contribution in [-0.2, 0) is 6.54 Å². The molecule has 1 N–H and O–H groups in total. The second-order valence-electron chi connectivity index (χ2n) is 5.79. The van der Waals surface area contributed by atoms with Gasteiger partial charge >= 0.3 is 0 Å².